The van der Waals surface area contributed by atoms with Crippen LogP contribution in [0, 0.1) is 6.92 Å². The molecule has 0 radical (unpaired) electrons. The van der Waals surface area contributed by atoms with Crippen LogP contribution in [-0.2, 0) is 0 Å². The second kappa shape index (κ2) is 3.18. The van der Waals surface area contributed by atoms with E-state index in [1.165, 1.54) is 0 Å². The van der Waals surface area contributed by atoms with Gasteiger partial charge in [0.2, 0.25) is 0 Å². The Hall–Kier alpha value is -1.35. The molecule has 0 unspecified atom stereocenters. The molecule has 0 aliphatic rings. The first-order chi connectivity index (χ1) is 6.25. The molecule has 0 saturated carbocycles. The van der Waals surface area contributed by atoms with E-state index in [1.54, 1.807) is 24.5 Å². The van der Waals surface area contributed by atoms with E-state index >= 15 is 0 Å². The molecule has 2 heterocycles. The molecule has 13 heavy (non-hydrogen) atoms. The number of nitrogens with one attached hydrogen (secondary N) is 1. The lowest BCUT2D eigenvalue weighted by molar-refractivity contribution is 1.20. The Morgan fingerprint density at radius 1 is 1.38 bits per heavy atom. The van der Waals surface area contributed by atoms with Gasteiger partial charge in [0.1, 0.15) is 5.69 Å². The minimum Gasteiger partial charge on any atom is -0.341 e. The van der Waals surface area contributed by atoms with Crippen LogP contribution >= 0.6 is 11.6 Å². The highest BCUT2D eigenvalue weighted by Gasteiger charge is 2.02. The molecule has 0 amide bonds. The van der Waals surface area contributed by atoms with Crippen molar-refractivity contribution in [3.63, 3.8) is 0 Å². The first-order valence-corrected chi connectivity index (χ1v) is 4.27. The van der Waals surface area contributed by atoms with Crippen molar-refractivity contribution < 1.29 is 0 Å². The quantitative estimate of drug-likeness (QED) is 0.756. The second-order valence-electron chi connectivity index (χ2n) is 2.77. The van der Waals surface area contributed by atoms with E-state index < -0.39 is 0 Å². The predicted molar refractivity (Wildman–Crippen MR) is 51.6 cm³/mol. The minimum absolute atomic E-state index is 0.666. The number of aromatic amines is 1. The minimum atomic E-state index is 0.666. The lowest BCUT2D eigenvalue weighted by atomic mass is 10.3. The summed E-state index contributed by atoms with van der Waals surface area (Å²) >= 11 is 5.82. The van der Waals surface area contributed by atoms with Crippen LogP contribution in [0.15, 0.2) is 24.5 Å². The zero-order valence-corrected chi connectivity index (χ0v) is 7.84. The highest BCUT2D eigenvalue weighted by molar-refractivity contribution is 6.30. The van der Waals surface area contributed by atoms with E-state index in [1.807, 2.05) is 6.92 Å². The third-order valence-electron chi connectivity index (χ3n) is 1.67. The second-order valence-corrected chi connectivity index (χ2v) is 3.21. The Bertz CT molecular complexity index is 422. The molecular formula is C9H8ClN3. The van der Waals surface area contributed by atoms with Crippen LogP contribution in [0.1, 0.15) is 5.69 Å². The number of pyridine rings is 1. The van der Waals surface area contributed by atoms with Gasteiger partial charge in [0, 0.05) is 23.1 Å². The van der Waals surface area contributed by atoms with Crippen molar-refractivity contribution in [2.24, 2.45) is 0 Å². The Morgan fingerprint density at radius 3 is 2.85 bits per heavy atom. The summed E-state index contributed by atoms with van der Waals surface area (Å²) in [6.45, 7) is 1.95. The maximum absolute atomic E-state index is 5.82. The van der Waals surface area contributed by atoms with Crippen molar-refractivity contribution in [2.45, 2.75) is 6.92 Å². The Morgan fingerprint density at radius 2 is 2.23 bits per heavy atom. The maximum atomic E-state index is 5.82. The first-order valence-electron chi connectivity index (χ1n) is 3.89. The molecule has 0 saturated heterocycles. The molecule has 4 heteroatoms. The number of hydrogen-bond acceptors (Lipinski definition) is 2. The van der Waals surface area contributed by atoms with Gasteiger partial charge in [-0.25, -0.2) is 4.98 Å². The summed E-state index contributed by atoms with van der Waals surface area (Å²) in [4.78, 5) is 11.4. The van der Waals surface area contributed by atoms with Gasteiger partial charge in [-0.2, -0.15) is 0 Å². The molecule has 0 bridgehead atoms. The fourth-order valence-corrected chi connectivity index (χ4v) is 1.24. The molecule has 2 rings (SSSR count). The fourth-order valence-electron chi connectivity index (χ4n) is 1.08. The average molecular weight is 194 g/mol. The molecule has 2 aromatic rings. The molecule has 0 aliphatic heterocycles. The first kappa shape index (κ1) is 8.26. The van der Waals surface area contributed by atoms with Crippen molar-refractivity contribution in [1.29, 1.82) is 0 Å². The van der Waals surface area contributed by atoms with E-state index in [-0.39, 0.29) is 0 Å². The summed E-state index contributed by atoms with van der Waals surface area (Å²) in [5.41, 5.74) is 1.78. The van der Waals surface area contributed by atoms with Crippen LogP contribution in [0.2, 0.25) is 5.02 Å². The highest BCUT2D eigenvalue weighted by Crippen LogP contribution is 2.16. The van der Waals surface area contributed by atoms with Crippen LogP contribution in [0.3, 0.4) is 0 Å². The number of hydrogen-bond donors (Lipinski definition) is 1. The fraction of sp³-hybridized carbons (Fsp3) is 0.111. The lowest BCUT2D eigenvalue weighted by Gasteiger charge is -1.95. The van der Waals surface area contributed by atoms with Gasteiger partial charge in [-0.1, -0.05) is 11.6 Å². The molecule has 0 spiro atoms. The van der Waals surface area contributed by atoms with E-state index in [9.17, 15) is 0 Å². The van der Waals surface area contributed by atoms with E-state index in [0.717, 1.165) is 17.2 Å². The monoisotopic (exact) mass is 193 g/mol. The summed E-state index contributed by atoms with van der Waals surface area (Å²) in [6, 6.07) is 3.51. The Kier molecular flexibility index (Phi) is 2.02. The molecule has 0 aliphatic carbocycles. The number of halogens is 1. The average Bonchev–Trinajstić information content (AvgIpc) is 2.52. The van der Waals surface area contributed by atoms with Gasteiger partial charge in [0.05, 0.1) is 0 Å². The topological polar surface area (TPSA) is 41.6 Å². The van der Waals surface area contributed by atoms with Crippen molar-refractivity contribution in [3.8, 4) is 11.5 Å². The van der Waals surface area contributed by atoms with Crippen LogP contribution < -0.4 is 0 Å². The molecule has 3 nitrogen and oxygen atoms in total. The molecule has 1 N–H and O–H groups in total. The zero-order chi connectivity index (χ0) is 9.26. The largest absolute Gasteiger partial charge is 0.341 e. The number of aromatic nitrogens is 3. The number of nitrogens with zero attached hydrogens (tertiary/aromatic N) is 2. The zero-order valence-electron chi connectivity index (χ0n) is 7.08. The van der Waals surface area contributed by atoms with Crippen LogP contribution in [0.4, 0.5) is 0 Å². The van der Waals surface area contributed by atoms with Gasteiger partial charge in [0.15, 0.2) is 5.82 Å². The van der Waals surface area contributed by atoms with Crippen LogP contribution in [-0.4, -0.2) is 15.0 Å². The molecular weight excluding hydrogens is 186 g/mol. The summed E-state index contributed by atoms with van der Waals surface area (Å²) in [6.07, 6.45) is 3.42. The molecule has 66 valence electrons. The van der Waals surface area contributed by atoms with E-state index in [4.69, 9.17) is 11.6 Å². The molecule has 0 aromatic carbocycles. The van der Waals surface area contributed by atoms with Gasteiger partial charge in [-0.15, -0.1) is 0 Å². The smallest absolute Gasteiger partial charge is 0.156 e. The van der Waals surface area contributed by atoms with E-state index in [0.29, 0.717) is 5.02 Å². The van der Waals surface area contributed by atoms with Crippen LogP contribution in [0.25, 0.3) is 11.5 Å². The molecule has 0 fully saturated rings. The summed E-state index contributed by atoms with van der Waals surface area (Å²) in [5.74, 6) is 0.750. The number of imidazole rings is 1. The third kappa shape index (κ3) is 1.70. The SMILES string of the molecule is Cc1cnc(-c2cc(Cl)ccn2)[nH]1. The number of aryl methyl sites for hydroxylation is 1. The summed E-state index contributed by atoms with van der Waals surface area (Å²) in [5, 5.41) is 0.666. The molecule has 0 atom stereocenters. The predicted octanol–water partition coefficient (Wildman–Crippen LogP) is 2.43. The lowest BCUT2D eigenvalue weighted by Crippen LogP contribution is -1.84. The van der Waals surface area contributed by atoms with Crippen LogP contribution in [0.5, 0.6) is 0 Å². The summed E-state index contributed by atoms with van der Waals surface area (Å²) in [7, 11) is 0. The van der Waals surface area contributed by atoms with Crippen molar-refractivity contribution >= 4 is 11.6 Å². The van der Waals surface area contributed by atoms with Gasteiger partial charge >= 0.3 is 0 Å². The Labute approximate surface area is 80.8 Å². The molecule has 2 aromatic heterocycles. The van der Waals surface area contributed by atoms with Gasteiger partial charge in [-0.3, -0.25) is 4.98 Å². The third-order valence-corrected chi connectivity index (χ3v) is 1.90. The number of H-pyrrole nitrogens is 1. The summed E-state index contributed by atoms with van der Waals surface area (Å²) < 4.78 is 0. The number of rotatable bonds is 1. The van der Waals surface area contributed by atoms with Crippen molar-refractivity contribution in [2.75, 3.05) is 0 Å². The van der Waals surface area contributed by atoms with Gasteiger partial charge in [0.25, 0.3) is 0 Å². The van der Waals surface area contributed by atoms with Crippen molar-refractivity contribution in [3.05, 3.63) is 35.2 Å². The van der Waals surface area contributed by atoms with Crippen molar-refractivity contribution in [1.82, 2.24) is 15.0 Å². The van der Waals surface area contributed by atoms with Gasteiger partial charge < -0.3 is 4.98 Å². The normalized spacial score (nSPS) is 10.3. The van der Waals surface area contributed by atoms with Gasteiger partial charge in [-0.05, 0) is 19.1 Å². The Balaban J connectivity index is 2.46. The van der Waals surface area contributed by atoms with E-state index in [2.05, 4.69) is 15.0 Å². The maximum Gasteiger partial charge on any atom is 0.156 e. The standard InChI is InChI=1S/C9H8ClN3/c1-6-5-12-9(13-6)8-4-7(10)2-3-11-8/h2-5H,1H3,(H,12,13). The highest BCUT2D eigenvalue weighted by atomic mass is 35.5.